The molecule has 1 aliphatic rings. The molecule has 1 rings (SSSR count). The van der Waals surface area contributed by atoms with Crippen LogP contribution in [0.3, 0.4) is 0 Å². The minimum Gasteiger partial charge on any atom is -0.326 e. The summed E-state index contributed by atoms with van der Waals surface area (Å²) in [5, 5.41) is 0. The Hall–Kier alpha value is -0.0400. The summed E-state index contributed by atoms with van der Waals surface area (Å²) in [7, 11) is 0. The average Bonchev–Trinajstić information content (AvgIpc) is 2.90. The van der Waals surface area contributed by atoms with Crippen molar-refractivity contribution in [2.75, 3.05) is 0 Å². The monoisotopic (exact) mass is 548 g/mol. The Kier molecular flexibility index (Phi) is 23.3. The average molecular weight is 548 g/mol. The Morgan fingerprint density at radius 1 is 0.436 bits per heavy atom. The second-order valence-electron chi connectivity index (χ2n) is 14.7. The normalized spacial score (nSPS) is 22.0. The highest BCUT2D eigenvalue weighted by molar-refractivity contribution is 4.88. The van der Waals surface area contributed by atoms with Gasteiger partial charge in [0, 0.05) is 5.54 Å². The van der Waals surface area contributed by atoms with Crippen LogP contribution in [0.25, 0.3) is 0 Å². The zero-order valence-corrected chi connectivity index (χ0v) is 28.2. The summed E-state index contributed by atoms with van der Waals surface area (Å²) < 4.78 is 0. The van der Waals surface area contributed by atoms with Crippen molar-refractivity contribution in [3.63, 3.8) is 0 Å². The predicted octanol–water partition coefficient (Wildman–Crippen LogP) is 13.2. The van der Waals surface area contributed by atoms with Gasteiger partial charge in [-0.2, -0.15) is 0 Å². The first-order valence-electron chi connectivity index (χ1n) is 18.7. The quantitative estimate of drug-likeness (QED) is 0.102. The summed E-state index contributed by atoms with van der Waals surface area (Å²) in [5.41, 5.74) is 6.23. The Morgan fingerprint density at radius 2 is 0.744 bits per heavy atom. The molecule has 0 aromatic carbocycles. The van der Waals surface area contributed by atoms with Crippen LogP contribution in [0, 0.1) is 23.7 Å². The van der Waals surface area contributed by atoms with Crippen LogP contribution in [0.1, 0.15) is 214 Å². The molecule has 0 aromatic heterocycles. The summed E-state index contributed by atoms with van der Waals surface area (Å²) >= 11 is 0. The number of hydrogen-bond acceptors (Lipinski definition) is 1. The van der Waals surface area contributed by atoms with Crippen LogP contribution in [0.4, 0.5) is 0 Å². The second-order valence-corrected chi connectivity index (χ2v) is 14.7. The molecule has 1 fully saturated rings. The van der Waals surface area contributed by atoms with Crippen molar-refractivity contribution in [2.24, 2.45) is 29.4 Å². The highest BCUT2D eigenvalue weighted by Gasteiger charge is 2.37. The summed E-state index contributed by atoms with van der Waals surface area (Å²) in [6.45, 7) is 11.4. The summed E-state index contributed by atoms with van der Waals surface area (Å²) in [6.07, 6.45) is 40.8. The Morgan fingerprint density at radius 3 is 1.13 bits per heavy atom. The molecule has 1 nitrogen and oxygen atoms in total. The van der Waals surface area contributed by atoms with Crippen LogP contribution in [0.2, 0.25) is 0 Å². The van der Waals surface area contributed by atoms with Gasteiger partial charge in [-0.15, -0.1) is 0 Å². The van der Waals surface area contributed by atoms with Gasteiger partial charge in [-0.3, -0.25) is 0 Å². The molecule has 0 saturated heterocycles. The number of nitrogens with two attached hydrogens (primary N) is 1. The van der Waals surface area contributed by atoms with Crippen LogP contribution in [0.15, 0.2) is 0 Å². The van der Waals surface area contributed by atoms with E-state index >= 15 is 0 Å². The van der Waals surface area contributed by atoms with Gasteiger partial charge in [0.05, 0.1) is 0 Å². The van der Waals surface area contributed by atoms with Gasteiger partial charge < -0.3 is 5.73 Å². The lowest BCUT2D eigenvalue weighted by Crippen LogP contribution is -2.35. The molecule has 1 aliphatic carbocycles. The standard InChI is InChI=1S/C38H77N/c1-6-9-12-15-18-23-28-35-32-31-34(27-22-14-11-8-3)36(29-24-19-16-13-10-7-2)37(35)30-25-20-17-21-26-33-38(4,5)39/h34-37H,6-33,39H2,1-5H3. The van der Waals surface area contributed by atoms with Crippen LogP contribution < -0.4 is 5.73 Å². The molecule has 0 aromatic rings. The van der Waals surface area contributed by atoms with Crippen molar-refractivity contribution in [2.45, 2.75) is 220 Å². The van der Waals surface area contributed by atoms with E-state index in [2.05, 4.69) is 34.6 Å². The molecule has 0 spiro atoms. The van der Waals surface area contributed by atoms with Gasteiger partial charge in [-0.25, -0.2) is 0 Å². The largest absolute Gasteiger partial charge is 0.326 e. The van der Waals surface area contributed by atoms with E-state index in [9.17, 15) is 0 Å². The van der Waals surface area contributed by atoms with E-state index in [1.165, 1.54) is 161 Å². The third kappa shape index (κ3) is 19.7. The van der Waals surface area contributed by atoms with E-state index in [1.807, 2.05) is 0 Å². The van der Waals surface area contributed by atoms with E-state index in [4.69, 9.17) is 5.73 Å². The fourth-order valence-corrected chi connectivity index (χ4v) is 7.84. The van der Waals surface area contributed by atoms with Gasteiger partial charge in [-0.05, 0) is 69.6 Å². The van der Waals surface area contributed by atoms with Gasteiger partial charge in [0.2, 0.25) is 0 Å². The van der Waals surface area contributed by atoms with E-state index in [-0.39, 0.29) is 5.54 Å². The van der Waals surface area contributed by atoms with Crippen molar-refractivity contribution in [1.29, 1.82) is 0 Å². The molecule has 4 atom stereocenters. The number of rotatable bonds is 27. The molecule has 0 amide bonds. The fourth-order valence-electron chi connectivity index (χ4n) is 7.84. The zero-order chi connectivity index (χ0) is 28.6. The van der Waals surface area contributed by atoms with Crippen LogP contribution in [0.5, 0.6) is 0 Å². The van der Waals surface area contributed by atoms with Crippen molar-refractivity contribution in [3.05, 3.63) is 0 Å². The smallest absolute Gasteiger partial charge is 0.00970 e. The molecule has 234 valence electrons. The van der Waals surface area contributed by atoms with E-state index in [0.717, 1.165) is 23.7 Å². The lowest BCUT2D eigenvalue weighted by Gasteiger charge is -2.44. The first kappa shape index (κ1) is 37.0. The Balaban J connectivity index is 2.72. The van der Waals surface area contributed by atoms with Gasteiger partial charge in [0.15, 0.2) is 0 Å². The molecule has 0 radical (unpaired) electrons. The first-order chi connectivity index (χ1) is 18.9. The predicted molar refractivity (Wildman–Crippen MR) is 179 cm³/mol. The topological polar surface area (TPSA) is 26.0 Å². The van der Waals surface area contributed by atoms with E-state index in [1.54, 1.807) is 19.3 Å². The molecule has 0 aliphatic heterocycles. The second kappa shape index (κ2) is 24.5. The van der Waals surface area contributed by atoms with Crippen molar-refractivity contribution in [1.82, 2.24) is 0 Å². The molecule has 4 unspecified atom stereocenters. The van der Waals surface area contributed by atoms with Crippen molar-refractivity contribution < 1.29 is 0 Å². The first-order valence-corrected chi connectivity index (χ1v) is 18.7. The lowest BCUT2D eigenvalue weighted by molar-refractivity contribution is 0.0581. The molecular weight excluding hydrogens is 470 g/mol. The number of unbranched alkanes of at least 4 members (excludes halogenated alkanes) is 17. The molecule has 1 saturated carbocycles. The van der Waals surface area contributed by atoms with Gasteiger partial charge in [0.25, 0.3) is 0 Å². The summed E-state index contributed by atoms with van der Waals surface area (Å²) in [6, 6.07) is 0. The Bertz CT molecular complexity index is 505. The van der Waals surface area contributed by atoms with Crippen LogP contribution in [-0.4, -0.2) is 5.54 Å². The Labute approximate surface area is 249 Å². The number of hydrogen-bond donors (Lipinski definition) is 1. The molecule has 0 bridgehead atoms. The van der Waals surface area contributed by atoms with Gasteiger partial charge in [-0.1, -0.05) is 168 Å². The van der Waals surface area contributed by atoms with Crippen LogP contribution >= 0.6 is 0 Å². The lowest BCUT2D eigenvalue weighted by atomic mass is 9.61. The van der Waals surface area contributed by atoms with Crippen LogP contribution in [-0.2, 0) is 0 Å². The SMILES string of the molecule is CCCCCCCCC1CCC(CCCCCC)C(CCCCCCCC)C1CCCCCCCC(C)(C)N. The van der Waals surface area contributed by atoms with E-state index < -0.39 is 0 Å². The van der Waals surface area contributed by atoms with Crippen molar-refractivity contribution >= 4 is 0 Å². The minimum atomic E-state index is 0.0156. The molecule has 39 heavy (non-hydrogen) atoms. The maximum Gasteiger partial charge on any atom is 0.00970 e. The maximum atomic E-state index is 6.22. The molecule has 2 N–H and O–H groups in total. The van der Waals surface area contributed by atoms with Gasteiger partial charge in [0.1, 0.15) is 0 Å². The zero-order valence-electron chi connectivity index (χ0n) is 28.2. The third-order valence-electron chi connectivity index (χ3n) is 10.3. The van der Waals surface area contributed by atoms with Crippen molar-refractivity contribution in [3.8, 4) is 0 Å². The maximum absolute atomic E-state index is 6.22. The molecule has 0 heterocycles. The van der Waals surface area contributed by atoms with Gasteiger partial charge >= 0.3 is 0 Å². The minimum absolute atomic E-state index is 0.0156. The fraction of sp³-hybridized carbons (Fsp3) is 1.00. The highest BCUT2D eigenvalue weighted by atomic mass is 14.7. The summed E-state index contributed by atoms with van der Waals surface area (Å²) in [4.78, 5) is 0. The third-order valence-corrected chi connectivity index (χ3v) is 10.3. The van der Waals surface area contributed by atoms with E-state index in [0.29, 0.717) is 0 Å². The molecular formula is C38H77N. The molecule has 1 heteroatoms. The summed E-state index contributed by atoms with van der Waals surface area (Å²) in [5.74, 6) is 4.14. The highest BCUT2D eigenvalue weighted by Crippen LogP contribution is 2.47.